The van der Waals surface area contributed by atoms with E-state index >= 15 is 0 Å². The lowest BCUT2D eigenvalue weighted by molar-refractivity contribution is -0.0340. The van der Waals surface area contributed by atoms with Crippen LogP contribution in [0.5, 0.6) is 0 Å². The minimum Gasteiger partial charge on any atom is -0.444 e. The van der Waals surface area contributed by atoms with Crippen LogP contribution in [0.2, 0.25) is 0 Å². The van der Waals surface area contributed by atoms with Crippen molar-refractivity contribution >= 4 is 6.09 Å². The molecule has 98 valence electrons. The summed E-state index contributed by atoms with van der Waals surface area (Å²) in [6.45, 7) is 6.50. The van der Waals surface area contributed by atoms with Crippen LogP contribution < -0.4 is 0 Å². The van der Waals surface area contributed by atoms with Gasteiger partial charge >= 0.3 is 6.09 Å². The fourth-order valence-electron chi connectivity index (χ4n) is 2.41. The van der Waals surface area contributed by atoms with Gasteiger partial charge in [-0.1, -0.05) is 0 Å². The van der Waals surface area contributed by atoms with Crippen LogP contribution in [-0.2, 0) is 9.47 Å². The van der Waals surface area contributed by atoms with Gasteiger partial charge in [-0.3, -0.25) is 4.90 Å². The SMILES string of the molecule is CC(C)(C)OC(=O)N1C2COCC1/C(=C/C#N)C2. The van der Waals surface area contributed by atoms with Crippen molar-refractivity contribution in [3.63, 3.8) is 0 Å². The zero-order chi connectivity index (χ0) is 13.3. The van der Waals surface area contributed by atoms with Crippen molar-refractivity contribution in [2.45, 2.75) is 44.9 Å². The average Bonchev–Trinajstić information content (AvgIpc) is 2.45. The van der Waals surface area contributed by atoms with Crippen LogP contribution in [0.25, 0.3) is 0 Å². The van der Waals surface area contributed by atoms with Gasteiger partial charge in [0.2, 0.25) is 0 Å². The summed E-state index contributed by atoms with van der Waals surface area (Å²) in [7, 11) is 0. The van der Waals surface area contributed by atoms with E-state index < -0.39 is 5.60 Å². The van der Waals surface area contributed by atoms with Crippen molar-refractivity contribution in [2.24, 2.45) is 0 Å². The molecule has 0 radical (unpaired) electrons. The molecule has 1 amide bonds. The molecule has 18 heavy (non-hydrogen) atoms. The fraction of sp³-hybridized carbons (Fsp3) is 0.692. The Morgan fingerprint density at radius 3 is 2.89 bits per heavy atom. The van der Waals surface area contributed by atoms with Gasteiger partial charge in [-0.15, -0.1) is 0 Å². The number of hydrogen-bond acceptors (Lipinski definition) is 4. The molecular weight excluding hydrogens is 232 g/mol. The largest absolute Gasteiger partial charge is 0.444 e. The number of ether oxygens (including phenoxy) is 2. The number of hydrogen-bond donors (Lipinski definition) is 0. The van der Waals surface area contributed by atoms with E-state index in [1.165, 1.54) is 6.08 Å². The first-order valence-electron chi connectivity index (χ1n) is 6.10. The number of nitriles is 1. The summed E-state index contributed by atoms with van der Waals surface area (Å²) in [4.78, 5) is 13.9. The summed E-state index contributed by atoms with van der Waals surface area (Å²) in [5.74, 6) is 0. The van der Waals surface area contributed by atoms with Crippen LogP contribution >= 0.6 is 0 Å². The Bertz CT molecular complexity index is 417. The lowest BCUT2D eigenvalue weighted by atomic mass is 10.1. The molecule has 2 aliphatic heterocycles. The Morgan fingerprint density at radius 2 is 2.28 bits per heavy atom. The highest BCUT2D eigenvalue weighted by Gasteiger charge is 2.45. The van der Waals surface area contributed by atoms with Gasteiger partial charge in [0.25, 0.3) is 0 Å². The third-order valence-corrected chi connectivity index (χ3v) is 3.07. The maximum absolute atomic E-state index is 12.2. The molecule has 0 aromatic rings. The number of fused-ring (bicyclic) bond motifs is 2. The second-order valence-corrected chi connectivity index (χ2v) is 5.65. The quantitative estimate of drug-likeness (QED) is 0.615. The van der Waals surface area contributed by atoms with E-state index in [9.17, 15) is 4.79 Å². The number of nitrogens with zero attached hydrogens (tertiary/aromatic N) is 2. The zero-order valence-corrected chi connectivity index (χ0v) is 11.0. The van der Waals surface area contributed by atoms with Crippen molar-refractivity contribution in [2.75, 3.05) is 13.2 Å². The highest BCUT2D eigenvalue weighted by atomic mass is 16.6. The monoisotopic (exact) mass is 250 g/mol. The molecule has 2 rings (SSSR count). The summed E-state index contributed by atoms with van der Waals surface area (Å²) >= 11 is 0. The Kier molecular flexibility index (Phi) is 3.31. The summed E-state index contributed by atoms with van der Waals surface area (Å²) in [5.41, 5.74) is 0.458. The highest BCUT2D eigenvalue weighted by Crippen LogP contribution is 2.34. The van der Waals surface area contributed by atoms with E-state index in [2.05, 4.69) is 0 Å². The second-order valence-electron chi connectivity index (χ2n) is 5.65. The molecule has 5 heteroatoms. The topological polar surface area (TPSA) is 62.6 Å². The highest BCUT2D eigenvalue weighted by molar-refractivity contribution is 5.71. The van der Waals surface area contributed by atoms with Crippen LogP contribution in [0.1, 0.15) is 27.2 Å². The van der Waals surface area contributed by atoms with Gasteiger partial charge in [0.15, 0.2) is 0 Å². The van der Waals surface area contributed by atoms with Crippen molar-refractivity contribution in [3.8, 4) is 6.07 Å². The Labute approximate surface area is 107 Å². The van der Waals surface area contributed by atoms with Gasteiger partial charge in [-0.2, -0.15) is 5.26 Å². The number of carbonyl (C=O) groups excluding carboxylic acids is 1. The normalized spacial score (nSPS) is 29.2. The zero-order valence-electron chi connectivity index (χ0n) is 11.0. The number of morpholine rings is 1. The van der Waals surface area contributed by atoms with E-state index in [0.717, 1.165) is 5.57 Å². The van der Waals surface area contributed by atoms with Crippen molar-refractivity contribution < 1.29 is 14.3 Å². The predicted molar refractivity (Wildman–Crippen MR) is 64.8 cm³/mol. The molecule has 2 aliphatic rings. The number of rotatable bonds is 0. The minimum atomic E-state index is -0.506. The molecule has 0 aliphatic carbocycles. The van der Waals surface area contributed by atoms with Gasteiger partial charge < -0.3 is 9.47 Å². The fourth-order valence-corrected chi connectivity index (χ4v) is 2.41. The Hall–Kier alpha value is -1.54. The molecule has 2 bridgehead atoms. The summed E-state index contributed by atoms with van der Waals surface area (Å²) in [6.07, 6.45) is 1.91. The number of allylic oxidation sites excluding steroid dienone is 1. The van der Waals surface area contributed by atoms with Gasteiger partial charge in [-0.05, 0) is 32.8 Å². The lowest BCUT2D eigenvalue weighted by Crippen LogP contribution is -2.51. The van der Waals surface area contributed by atoms with Gasteiger partial charge in [0, 0.05) is 6.08 Å². The molecule has 0 aromatic carbocycles. The summed E-state index contributed by atoms with van der Waals surface area (Å²) < 4.78 is 10.8. The lowest BCUT2D eigenvalue weighted by Gasteiger charge is -2.35. The number of carbonyl (C=O) groups is 1. The molecule has 2 atom stereocenters. The third kappa shape index (κ3) is 2.49. The molecule has 0 saturated carbocycles. The van der Waals surface area contributed by atoms with E-state index in [-0.39, 0.29) is 18.2 Å². The maximum atomic E-state index is 12.2. The minimum absolute atomic E-state index is 0.00167. The average molecular weight is 250 g/mol. The van der Waals surface area contributed by atoms with Crippen molar-refractivity contribution in [1.29, 1.82) is 5.26 Å². The Morgan fingerprint density at radius 1 is 1.56 bits per heavy atom. The molecule has 2 saturated heterocycles. The first kappa shape index (κ1) is 12.9. The molecule has 0 spiro atoms. The first-order chi connectivity index (χ1) is 8.42. The molecule has 0 N–H and O–H groups in total. The van der Waals surface area contributed by atoms with E-state index in [1.54, 1.807) is 4.90 Å². The molecule has 0 aromatic heterocycles. The summed E-state index contributed by atoms with van der Waals surface area (Å²) in [5, 5.41) is 8.76. The van der Waals surface area contributed by atoms with Crippen molar-refractivity contribution in [1.82, 2.24) is 4.90 Å². The van der Waals surface area contributed by atoms with Gasteiger partial charge in [0.1, 0.15) is 5.60 Å². The standard InChI is InChI=1S/C13H18N2O3/c1-13(2,3)18-12(16)15-10-6-9(4-5-14)11(15)8-17-7-10/h4,10-11H,6-8H2,1-3H3/b9-4+. The molecule has 5 nitrogen and oxygen atoms in total. The Balaban J connectivity index is 2.17. The van der Waals surface area contributed by atoms with E-state index in [0.29, 0.717) is 19.6 Å². The smallest absolute Gasteiger partial charge is 0.411 e. The molecular formula is C13H18N2O3. The van der Waals surface area contributed by atoms with Gasteiger partial charge in [-0.25, -0.2) is 4.79 Å². The third-order valence-electron chi connectivity index (χ3n) is 3.07. The molecule has 2 heterocycles. The van der Waals surface area contributed by atoms with Gasteiger partial charge in [0.05, 0.1) is 31.4 Å². The molecule has 2 unspecified atom stereocenters. The van der Waals surface area contributed by atoms with E-state index in [4.69, 9.17) is 14.7 Å². The summed E-state index contributed by atoms with van der Waals surface area (Å²) in [6, 6.07) is 1.89. The van der Waals surface area contributed by atoms with E-state index in [1.807, 2.05) is 26.8 Å². The maximum Gasteiger partial charge on any atom is 0.411 e. The van der Waals surface area contributed by atoms with Crippen LogP contribution in [-0.4, -0.2) is 41.9 Å². The van der Waals surface area contributed by atoms with Crippen LogP contribution in [0.3, 0.4) is 0 Å². The second kappa shape index (κ2) is 4.62. The molecule has 2 fully saturated rings. The first-order valence-corrected chi connectivity index (χ1v) is 6.10. The van der Waals surface area contributed by atoms with Crippen molar-refractivity contribution in [3.05, 3.63) is 11.6 Å². The van der Waals surface area contributed by atoms with Crippen LogP contribution in [0.15, 0.2) is 11.6 Å². The predicted octanol–water partition coefficient (Wildman–Crippen LogP) is 1.84. The van der Waals surface area contributed by atoms with Crippen LogP contribution in [0.4, 0.5) is 4.79 Å². The van der Waals surface area contributed by atoms with Crippen LogP contribution in [0, 0.1) is 11.3 Å². The number of amides is 1.